The highest BCUT2D eigenvalue weighted by Crippen LogP contribution is 2.51. The number of fused-ring (bicyclic) bond motifs is 1. The fourth-order valence-electron chi connectivity index (χ4n) is 4.44. The molecule has 1 atom stereocenters. The molecule has 0 fully saturated rings. The van der Waals surface area contributed by atoms with E-state index in [1.165, 1.54) is 44.2 Å². The Morgan fingerprint density at radius 2 is 1.60 bits per heavy atom. The molecule has 0 aliphatic heterocycles. The van der Waals surface area contributed by atoms with Crippen molar-refractivity contribution in [3.05, 3.63) is 74.9 Å². The molecule has 0 radical (unpaired) electrons. The minimum Gasteiger partial charge on any atom is -0.465 e. The molecule has 0 saturated carbocycles. The molecule has 3 rings (SSSR count). The van der Waals surface area contributed by atoms with E-state index in [1.807, 2.05) is 0 Å². The number of aromatic nitrogens is 1. The minimum absolute atomic E-state index is 0.139. The molecule has 10 nitrogen and oxygen atoms in total. The average molecular weight is 605 g/mol. The molecule has 1 aromatic heterocycles. The quantitative estimate of drug-likeness (QED) is 0.141. The van der Waals surface area contributed by atoms with Crippen LogP contribution in [-0.2, 0) is 34.5 Å². The zero-order valence-corrected chi connectivity index (χ0v) is 23.0. The van der Waals surface area contributed by atoms with Gasteiger partial charge in [0.05, 0.1) is 23.6 Å². The third kappa shape index (κ3) is 5.50. The van der Waals surface area contributed by atoms with Gasteiger partial charge in [-0.15, -0.1) is 0 Å². The Hall–Kier alpha value is -3.65. The van der Waals surface area contributed by atoms with Gasteiger partial charge in [0.1, 0.15) is 0 Å². The number of esters is 2. The molecule has 0 N–H and O–H groups in total. The van der Waals surface area contributed by atoms with Gasteiger partial charge < -0.3 is 9.47 Å². The summed E-state index contributed by atoms with van der Waals surface area (Å²) < 4.78 is 83.1. The second-order valence-corrected chi connectivity index (χ2v) is 11.0. The summed E-state index contributed by atoms with van der Waals surface area (Å²) in [4.78, 5) is 36.1. The first kappa shape index (κ1) is 30.9. The zero-order valence-electron chi connectivity index (χ0n) is 21.4. The van der Waals surface area contributed by atoms with Gasteiger partial charge in [-0.05, 0) is 51.1 Å². The lowest BCUT2D eigenvalue weighted by Crippen LogP contribution is -2.58. The summed E-state index contributed by atoms with van der Waals surface area (Å²) in [5.74, 6) is -6.38. The Labute approximate surface area is 231 Å². The van der Waals surface area contributed by atoms with Gasteiger partial charge in [-0.1, -0.05) is 29.3 Å². The fourth-order valence-corrected chi connectivity index (χ4v) is 5.98. The van der Waals surface area contributed by atoms with E-state index in [9.17, 15) is 28.1 Å². The molecular weight excluding hydrogens is 581 g/mol. The van der Waals surface area contributed by atoms with Crippen molar-refractivity contribution >= 4 is 44.5 Å². The molecular formula is C25H24ClF3N2O8S. The van der Waals surface area contributed by atoms with Gasteiger partial charge in [0.2, 0.25) is 6.54 Å². The number of rotatable bonds is 10. The third-order valence-electron chi connectivity index (χ3n) is 6.21. The number of aryl methyl sites for hydroxylation is 1. The number of nitrogens with zero attached hydrogens (tertiary/aromatic N) is 2. The Morgan fingerprint density at radius 3 is 2.08 bits per heavy atom. The molecule has 0 saturated heterocycles. The van der Waals surface area contributed by atoms with Crippen LogP contribution in [0.2, 0.25) is 5.02 Å². The first-order chi connectivity index (χ1) is 18.6. The van der Waals surface area contributed by atoms with Crippen LogP contribution in [0, 0.1) is 23.0 Å². The topological polar surface area (TPSA) is 135 Å². The van der Waals surface area contributed by atoms with Crippen molar-refractivity contribution in [2.75, 3.05) is 19.8 Å². The minimum atomic E-state index is -5.68. The summed E-state index contributed by atoms with van der Waals surface area (Å²) in [5, 5.41) is 11.2. The van der Waals surface area contributed by atoms with E-state index in [-0.39, 0.29) is 15.4 Å². The normalized spacial score (nSPS) is 13.7. The van der Waals surface area contributed by atoms with Crippen LogP contribution in [0.3, 0.4) is 0 Å². The van der Waals surface area contributed by atoms with Gasteiger partial charge >= 0.3 is 18.1 Å². The lowest BCUT2D eigenvalue weighted by Gasteiger charge is -2.36. The van der Waals surface area contributed by atoms with E-state index in [1.54, 1.807) is 6.92 Å². The summed E-state index contributed by atoms with van der Waals surface area (Å²) in [6.07, 6.45) is -5.15. The summed E-state index contributed by atoms with van der Waals surface area (Å²) in [5.41, 5.74) is -4.59. The maximum atomic E-state index is 15.3. The van der Waals surface area contributed by atoms with E-state index in [0.717, 1.165) is 12.1 Å². The highest BCUT2D eigenvalue weighted by Gasteiger charge is 2.70. The standard InChI is InChI=1S/C25H24ClF3N2O8S/c1-4-38-22(32)21(23(33)39-5-2)24(14-31(34)35,25(27,28)29)19-13-30(20-11-8-16(26)12-18(19)20)40(36,37)17-9-6-15(3)7-10-17/h6-13,21H,4-5,14H2,1-3H3/t24-/m0/s1. The zero-order chi connectivity index (χ0) is 30.0. The lowest BCUT2D eigenvalue weighted by atomic mass is 9.69. The number of alkyl halides is 3. The van der Waals surface area contributed by atoms with Crippen molar-refractivity contribution in [1.82, 2.24) is 3.97 Å². The number of carbonyl (C=O) groups is 2. The second-order valence-electron chi connectivity index (χ2n) is 8.72. The molecule has 1 heterocycles. The first-order valence-corrected chi connectivity index (χ1v) is 13.6. The van der Waals surface area contributed by atoms with Crippen molar-refractivity contribution in [2.24, 2.45) is 5.92 Å². The van der Waals surface area contributed by atoms with Gasteiger partial charge in [-0.3, -0.25) is 19.7 Å². The summed E-state index contributed by atoms with van der Waals surface area (Å²) in [6, 6.07) is 8.72. The van der Waals surface area contributed by atoms with Crippen molar-refractivity contribution in [1.29, 1.82) is 0 Å². The first-order valence-electron chi connectivity index (χ1n) is 11.8. The number of hydrogen-bond donors (Lipinski definition) is 0. The maximum Gasteiger partial charge on any atom is 0.406 e. The molecule has 0 amide bonds. The van der Waals surface area contributed by atoms with E-state index < -0.39 is 75.1 Å². The molecule has 0 aliphatic carbocycles. The molecule has 3 aromatic rings. The number of ether oxygens (including phenoxy) is 2. The second kappa shape index (κ2) is 11.5. The van der Waals surface area contributed by atoms with Crippen LogP contribution in [0.25, 0.3) is 10.9 Å². The summed E-state index contributed by atoms with van der Waals surface area (Å²) >= 11 is 6.07. The molecule has 0 aliphatic rings. The van der Waals surface area contributed by atoms with Crippen LogP contribution in [0.15, 0.2) is 53.6 Å². The van der Waals surface area contributed by atoms with Crippen molar-refractivity contribution in [3.63, 3.8) is 0 Å². The van der Waals surface area contributed by atoms with Gasteiger partial charge in [0.25, 0.3) is 10.0 Å². The van der Waals surface area contributed by atoms with Crippen molar-refractivity contribution < 1.29 is 45.6 Å². The largest absolute Gasteiger partial charge is 0.465 e. The predicted molar refractivity (Wildman–Crippen MR) is 137 cm³/mol. The van der Waals surface area contributed by atoms with Gasteiger partial charge in [0, 0.05) is 27.1 Å². The van der Waals surface area contributed by atoms with Crippen molar-refractivity contribution in [3.8, 4) is 0 Å². The van der Waals surface area contributed by atoms with Gasteiger partial charge in [-0.2, -0.15) is 13.2 Å². The summed E-state index contributed by atoms with van der Waals surface area (Å²) in [7, 11) is -4.59. The van der Waals surface area contributed by atoms with Crippen LogP contribution in [0.4, 0.5) is 13.2 Å². The number of hydrogen-bond acceptors (Lipinski definition) is 8. The molecule has 0 bridgehead atoms. The maximum absolute atomic E-state index is 15.3. The van der Waals surface area contributed by atoms with Crippen LogP contribution in [-0.4, -0.2) is 55.2 Å². The smallest absolute Gasteiger partial charge is 0.406 e. The number of carbonyl (C=O) groups excluding carboxylic acids is 2. The lowest BCUT2D eigenvalue weighted by molar-refractivity contribution is -0.503. The van der Waals surface area contributed by atoms with Gasteiger partial charge in [0.15, 0.2) is 11.3 Å². The third-order valence-corrected chi connectivity index (χ3v) is 8.14. The van der Waals surface area contributed by atoms with E-state index in [4.69, 9.17) is 21.1 Å². The van der Waals surface area contributed by atoms with Gasteiger partial charge in [-0.25, -0.2) is 12.4 Å². The highest BCUT2D eigenvalue weighted by molar-refractivity contribution is 7.90. The Balaban J connectivity index is 2.55. The Bertz CT molecular complexity index is 1540. The Kier molecular flexibility index (Phi) is 8.84. The molecule has 0 spiro atoms. The van der Waals surface area contributed by atoms with E-state index in [2.05, 4.69) is 0 Å². The number of nitro groups is 1. The van der Waals surface area contributed by atoms with Crippen LogP contribution in [0.1, 0.15) is 25.0 Å². The molecule has 216 valence electrons. The van der Waals surface area contributed by atoms with Crippen LogP contribution < -0.4 is 0 Å². The SMILES string of the molecule is CCOC(=O)C(C(=O)OCC)[C@](C[N+](=O)[O-])(c1cn(S(=O)(=O)c2ccc(C)cc2)c2ccc(Cl)cc12)C(F)(F)F. The molecule has 15 heteroatoms. The molecule has 2 aromatic carbocycles. The predicted octanol–water partition coefficient (Wildman–Crippen LogP) is 4.66. The highest BCUT2D eigenvalue weighted by atomic mass is 35.5. The fraction of sp³-hybridized carbons (Fsp3) is 0.360. The van der Waals surface area contributed by atoms with Crippen LogP contribution in [0.5, 0.6) is 0 Å². The van der Waals surface area contributed by atoms with Crippen molar-refractivity contribution in [2.45, 2.75) is 37.3 Å². The monoisotopic (exact) mass is 604 g/mol. The molecule has 40 heavy (non-hydrogen) atoms. The van der Waals surface area contributed by atoms with Crippen LogP contribution >= 0.6 is 11.6 Å². The van der Waals surface area contributed by atoms with E-state index in [0.29, 0.717) is 15.7 Å². The number of halogens is 4. The summed E-state index contributed by atoms with van der Waals surface area (Å²) in [6.45, 7) is 1.27. The number of benzene rings is 2. The Morgan fingerprint density at radius 1 is 1.05 bits per heavy atom. The molecule has 0 unspecified atom stereocenters. The van der Waals surface area contributed by atoms with E-state index >= 15 is 13.2 Å². The average Bonchev–Trinajstić information content (AvgIpc) is 3.23.